The summed E-state index contributed by atoms with van der Waals surface area (Å²) in [5.41, 5.74) is 0. The van der Waals surface area contributed by atoms with Gasteiger partial charge < -0.3 is 4.89 Å². The lowest BCUT2D eigenvalue weighted by molar-refractivity contribution is 0.493. The number of rotatable bonds is 6. The van der Waals surface area contributed by atoms with Gasteiger partial charge in [0, 0.05) is 11.5 Å². The van der Waals surface area contributed by atoms with Crippen LogP contribution >= 0.6 is 7.37 Å². The van der Waals surface area contributed by atoms with Crippen molar-refractivity contribution in [2.24, 2.45) is 0 Å². The molecule has 0 amide bonds. The molecule has 16 heavy (non-hydrogen) atoms. The van der Waals surface area contributed by atoms with Crippen LogP contribution in [0.15, 0.2) is 42.5 Å². The highest BCUT2D eigenvalue weighted by Crippen LogP contribution is 2.38. The van der Waals surface area contributed by atoms with Gasteiger partial charge >= 0.3 is 0 Å². The zero-order valence-electron chi connectivity index (χ0n) is 9.67. The monoisotopic (exact) mass is 238 g/mol. The second-order valence-corrected chi connectivity index (χ2v) is 6.12. The molecule has 1 aromatic rings. The first-order valence-corrected chi connectivity index (χ1v) is 7.53. The average Bonchev–Trinajstić information content (AvgIpc) is 2.30. The molecule has 0 saturated carbocycles. The minimum atomic E-state index is -3.18. The molecule has 0 saturated heterocycles. The smallest absolute Gasteiger partial charge is 0.233 e. The Morgan fingerprint density at radius 1 is 1.25 bits per heavy atom. The third-order valence-electron chi connectivity index (χ3n) is 2.40. The van der Waals surface area contributed by atoms with Crippen LogP contribution in [-0.4, -0.2) is 11.1 Å². The Balaban J connectivity index is 2.53. The molecule has 0 radical (unpaired) electrons. The average molecular weight is 238 g/mol. The quantitative estimate of drug-likeness (QED) is 0.469. The maximum Gasteiger partial charge on any atom is 0.233 e. The van der Waals surface area contributed by atoms with Crippen LogP contribution in [0.3, 0.4) is 0 Å². The molecule has 0 heterocycles. The van der Waals surface area contributed by atoms with Crippen LogP contribution in [0.5, 0.6) is 0 Å². The van der Waals surface area contributed by atoms with E-state index in [4.69, 9.17) is 0 Å². The van der Waals surface area contributed by atoms with Gasteiger partial charge in [-0.3, -0.25) is 4.57 Å². The van der Waals surface area contributed by atoms with Gasteiger partial charge in [-0.1, -0.05) is 50.1 Å². The highest BCUT2D eigenvalue weighted by Gasteiger charge is 2.18. The Bertz CT molecular complexity index is 371. The van der Waals surface area contributed by atoms with Crippen LogP contribution in [-0.2, 0) is 4.57 Å². The summed E-state index contributed by atoms with van der Waals surface area (Å²) in [5, 5.41) is 0.537. The molecule has 0 aliphatic rings. The minimum Gasteiger partial charge on any atom is -0.341 e. The Labute approximate surface area is 97.5 Å². The molecule has 0 spiro atoms. The summed E-state index contributed by atoms with van der Waals surface area (Å²) in [6, 6.07) is 8.85. The maximum absolute atomic E-state index is 12.0. The van der Waals surface area contributed by atoms with E-state index in [0.717, 1.165) is 19.3 Å². The van der Waals surface area contributed by atoms with Crippen LogP contribution in [0.4, 0.5) is 0 Å². The predicted octanol–water partition coefficient (Wildman–Crippen LogP) is 3.33. The summed E-state index contributed by atoms with van der Waals surface area (Å²) in [4.78, 5) is 9.85. The van der Waals surface area contributed by atoms with Crippen molar-refractivity contribution in [2.45, 2.75) is 26.2 Å². The van der Waals surface area contributed by atoms with Gasteiger partial charge in [-0.15, -0.1) is 0 Å². The van der Waals surface area contributed by atoms with Crippen molar-refractivity contribution < 1.29 is 9.46 Å². The van der Waals surface area contributed by atoms with Crippen LogP contribution in [0.1, 0.15) is 26.2 Å². The lowest BCUT2D eigenvalue weighted by Crippen LogP contribution is -2.05. The fraction of sp³-hybridized carbons (Fsp3) is 0.385. The number of benzene rings is 1. The summed E-state index contributed by atoms with van der Waals surface area (Å²) in [6.07, 6.45) is 7.34. The molecular formula is C13H19O2P. The van der Waals surface area contributed by atoms with Crippen LogP contribution in [0.25, 0.3) is 0 Å². The van der Waals surface area contributed by atoms with Gasteiger partial charge in [0.25, 0.3) is 0 Å². The first-order valence-electron chi connectivity index (χ1n) is 5.69. The molecule has 2 nitrogen and oxygen atoms in total. The zero-order chi connectivity index (χ0) is 11.9. The van der Waals surface area contributed by atoms with Crippen molar-refractivity contribution in [1.29, 1.82) is 0 Å². The molecule has 0 fully saturated rings. The molecule has 0 aromatic heterocycles. The zero-order valence-corrected chi connectivity index (χ0v) is 10.6. The van der Waals surface area contributed by atoms with Crippen molar-refractivity contribution >= 4 is 12.7 Å². The predicted molar refractivity (Wildman–Crippen MR) is 69.4 cm³/mol. The highest BCUT2D eigenvalue weighted by molar-refractivity contribution is 7.66. The molecule has 0 aliphatic carbocycles. The topological polar surface area (TPSA) is 37.3 Å². The van der Waals surface area contributed by atoms with Gasteiger partial charge in [0.1, 0.15) is 0 Å². The van der Waals surface area contributed by atoms with Crippen molar-refractivity contribution in [3.8, 4) is 0 Å². The number of hydrogen-bond acceptors (Lipinski definition) is 1. The molecule has 88 valence electrons. The van der Waals surface area contributed by atoms with Crippen molar-refractivity contribution in [3.63, 3.8) is 0 Å². The highest BCUT2D eigenvalue weighted by atomic mass is 31.2. The van der Waals surface area contributed by atoms with E-state index in [2.05, 4.69) is 6.92 Å². The molecule has 1 unspecified atom stereocenters. The normalized spacial score (nSPS) is 15.1. The third kappa shape index (κ3) is 4.34. The van der Waals surface area contributed by atoms with E-state index in [1.165, 1.54) is 0 Å². The molecule has 1 atom stereocenters. The van der Waals surface area contributed by atoms with Gasteiger partial charge in [-0.2, -0.15) is 0 Å². The number of unbranched alkanes of at least 4 members (excludes halogenated alkanes) is 2. The van der Waals surface area contributed by atoms with Crippen molar-refractivity contribution in [1.82, 2.24) is 0 Å². The molecule has 1 aromatic carbocycles. The third-order valence-corrected chi connectivity index (χ3v) is 4.21. The molecule has 0 bridgehead atoms. The van der Waals surface area contributed by atoms with Crippen LogP contribution in [0.2, 0.25) is 0 Å². The van der Waals surface area contributed by atoms with Crippen molar-refractivity contribution in [2.75, 3.05) is 6.16 Å². The van der Waals surface area contributed by atoms with E-state index in [1.807, 2.05) is 18.2 Å². The van der Waals surface area contributed by atoms with E-state index >= 15 is 0 Å². The Morgan fingerprint density at radius 2 is 1.94 bits per heavy atom. The summed E-state index contributed by atoms with van der Waals surface area (Å²) in [7, 11) is -3.18. The van der Waals surface area contributed by atoms with Gasteiger partial charge in [-0.05, 0) is 18.6 Å². The van der Waals surface area contributed by atoms with E-state index in [-0.39, 0.29) is 6.16 Å². The molecular weight excluding hydrogens is 219 g/mol. The summed E-state index contributed by atoms with van der Waals surface area (Å²) >= 11 is 0. The summed E-state index contributed by atoms with van der Waals surface area (Å²) < 4.78 is 12.0. The van der Waals surface area contributed by atoms with Gasteiger partial charge in [0.15, 0.2) is 0 Å². The van der Waals surface area contributed by atoms with E-state index in [0.29, 0.717) is 5.30 Å². The Kier molecular flexibility index (Phi) is 5.51. The minimum absolute atomic E-state index is 0.237. The molecule has 1 N–H and O–H groups in total. The van der Waals surface area contributed by atoms with Gasteiger partial charge in [0.2, 0.25) is 7.37 Å². The largest absolute Gasteiger partial charge is 0.341 e. The fourth-order valence-corrected chi connectivity index (χ4v) is 2.71. The van der Waals surface area contributed by atoms with E-state index in [1.54, 1.807) is 24.3 Å². The second-order valence-electron chi connectivity index (χ2n) is 3.83. The van der Waals surface area contributed by atoms with Gasteiger partial charge in [0.05, 0.1) is 0 Å². The molecule has 1 rings (SSSR count). The lowest BCUT2D eigenvalue weighted by atomic mass is 10.2. The van der Waals surface area contributed by atoms with Crippen LogP contribution in [0, 0.1) is 0 Å². The number of allylic oxidation sites excluding steroid dienone is 2. The summed E-state index contributed by atoms with van der Waals surface area (Å²) in [6.45, 7) is 2.13. The first kappa shape index (κ1) is 13.2. The van der Waals surface area contributed by atoms with Gasteiger partial charge in [-0.25, -0.2) is 0 Å². The van der Waals surface area contributed by atoms with Crippen molar-refractivity contribution in [3.05, 3.63) is 42.5 Å². The lowest BCUT2D eigenvalue weighted by Gasteiger charge is -2.08. The Morgan fingerprint density at radius 3 is 2.56 bits per heavy atom. The molecule has 0 aliphatic heterocycles. The molecule has 3 heteroatoms. The van der Waals surface area contributed by atoms with E-state index in [9.17, 15) is 9.46 Å². The maximum atomic E-state index is 12.0. The van der Waals surface area contributed by atoms with E-state index < -0.39 is 7.37 Å². The SMILES string of the molecule is CCCCC=CCP(=O)(O)c1ccccc1. The summed E-state index contributed by atoms with van der Waals surface area (Å²) in [5.74, 6) is 0. The fourth-order valence-electron chi connectivity index (χ4n) is 1.42. The second kappa shape index (κ2) is 6.67. The number of hydrogen-bond donors (Lipinski definition) is 1. The van der Waals surface area contributed by atoms with Crippen LogP contribution < -0.4 is 5.30 Å². The first-order chi connectivity index (χ1) is 7.67. The Hall–Kier alpha value is -0.850. The standard InChI is InChI=1S/C13H19O2P/c1-2-3-4-5-9-12-16(14,15)13-10-7-6-8-11-13/h5-11H,2-4,12H2,1H3,(H,14,15).